The summed E-state index contributed by atoms with van der Waals surface area (Å²) >= 11 is 0. The maximum absolute atomic E-state index is 11.9. The molecule has 1 fully saturated rings. The molecule has 0 unspecified atom stereocenters. The van der Waals surface area contributed by atoms with E-state index in [0.29, 0.717) is 0 Å². The predicted molar refractivity (Wildman–Crippen MR) is 77.6 cm³/mol. The van der Waals surface area contributed by atoms with Crippen molar-refractivity contribution in [1.29, 1.82) is 0 Å². The number of nitrogens with one attached hydrogen (secondary N) is 1. The van der Waals surface area contributed by atoms with E-state index in [1.165, 1.54) is 0 Å². The van der Waals surface area contributed by atoms with Gasteiger partial charge in [0.15, 0.2) is 20.6 Å². The Morgan fingerprint density at radius 3 is 2.67 bits per heavy atom. The molecule has 0 atom stereocenters. The highest BCUT2D eigenvalue weighted by atomic mass is 32.2. The number of nitrogens with two attached hydrogens (primary N) is 1. The van der Waals surface area contributed by atoms with Crippen molar-refractivity contribution in [3.8, 4) is 0 Å². The number of sulfone groups is 1. The van der Waals surface area contributed by atoms with Gasteiger partial charge in [-0.1, -0.05) is 0 Å². The van der Waals surface area contributed by atoms with Crippen LogP contribution in [0.15, 0.2) is 4.90 Å². The number of ether oxygens (including phenoxy) is 1. The SMILES string of the molecule is CCOC(=O)Cn1nc(NC2CCC2)c(S(C)(=O)=O)c1N. The number of hydrogen-bond donors (Lipinski definition) is 2. The molecule has 3 N–H and O–H groups in total. The molecule has 2 rings (SSSR count). The molecular formula is C12H20N4O4S. The summed E-state index contributed by atoms with van der Waals surface area (Å²) in [4.78, 5) is 11.5. The van der Waals surface area contributed by atoms with Gasteiger partial charge in [0, 0.05) is 12.3 Å². The molecule has 8 nitrogen and oxygen atoms in total. The molecule has 21 heavy (non-hydrogen) atoms. The summed E-state index contributed by atoms with van der Waals surface area (Å²) in [5.41, 5.74) is 5.84. The van der Waals surface area contributed by atoms with Gasteiger partial charge < -0.3 is 15.8 Å². The van der Waals surface area contributed by atoms with Crippen molar-refractivity contribution in [2.75, 3.05) is 23.9 Å². The Balaban J connectivity index is 2.31. The van der Waals surface area contributed by atoms with Crippen LogP contribution in [0.1, 0.15) is 26.2 Å². The third kappa shape index (κ3) is 3.46. The predicted octanol–water partition coefficient (Wildman–Crippen LogP) is 0.396. The second-order valence-corrected chi connectivity index (χ2v) is 7.02. The minimum atomic E-state index is -3.54. The summed E-state index contributed by atoms with van der Waals surface area (Å²) in [5, 5.41) is 7.20. The van der Waals surface area contributed by atoms with E-state index >= 15 is 0 Å². The lowest BCUT2D eigenvalue weighted by atomic mass is 9.93. The molecule has 1 aliphatic carbocycles. The molecule has 1 heterocycles. The number of esters is 1. The Labute approximate surface area is 123 Å². The molecule has 0 spiro atoms. The molecule has 0 amide bonds. The summed E-state index contributed by atoms with van der Waals surface area (Å²) in [6.07, 6.45) is 4.10. The van der Waals surface area contributed by atoms with Gasteiger partial charge in [-0.25, -0.2) is 13.1 Å². The molecule has 0 saturated heterocycles. The van der Waals surface area contributed by atoms with Crippen molar-refractivity contribution >= 4 is 27.4 Å². The van der Waals surface area contributed by atoms with Crippen LogP contribution in [0, 0.1) is 0 Å². The Morgan fingerprint density at radius 2 is 2.19 bits per heavy atom. The van der Waals surface area contributed by atoms with Gasteiger partial charge in [-0.15, -0.1) is 0 Å². The Bertz CT molecular complexity index is 634. The van der Waals surface area contributed by atoms with Crippen LogP contribution in [-0.2, 0) is 25.9 Å². The van der Waals surface area contributed by atoms with Crippen molar-refractivity contribution < 1.29 is 17.9 Å². The van der Waals surface area contributed by atoms with E-state index in [2.05, 4.69) is 10.4 Å². The monoisotopic (exact) mass is 316 g/mol. The molecule has 1 aromatic heterocycles. The average molecular weight is 316 g/mol. The quantitative estimate of drug-likeness (QED) is 0.729. The minimum Gasteiger partial charge on any atom is -0.465 e. The van der Waals surface area contributed by atoms with Gasteiger partial charge in [-0.2, -0.15) is 5.10 Å². The smallest absolute Gasteiger partial charge is 0.327 e. The highest BCUT2D eigenvalue weighted by Crippen LogP contribution is 2.30. The lowest BCUT2D eigenvalue weighted by Gasteiger charge is -2.26. The summed E-state index contributed by atoms with van der Waals surface area (Å²) in [7, 11) is -3.54. The number of nitrogen functional groups attached to an aromatic ring is 1. The van der Waals surface area contributed by atoms with E-state index in [1.807, 2.05) is 0 Å². The van der Waals surface area contributed by atoms with E-state index in [1.54, 1.807) is 6.92 Å². The number of anilines is 2. The van der Waals surface area contributed by atoms with Crippen molar-refractivity contribution in [1.82, 2.24) is 9.78 Å². The zero-order valence-corrected chi connectivity index (χ0v) is 12.9. The molecule has 9 heteroatoms. The van der Waals surface area contributed by atoms with Crippen LogP contribution in [0.4, 0.5) is 11.6 Å². The second-order valence-electron chi connectivity index (χ2n) is 5.07. The molecule has 0 bridgehead atoms. The Morgan fingerprint density at radius 1 is 1.52 bits per heavy atom. The molecule has 0 radical (unpaired) electrons. The lowest BCUT2D eigenvalue weighted by Crippen LogP contribution is -2.28. The second kappa shape index (κ2) is 5.92. The van der Waals surface area contributed by atoms with E-state index < -0.39 is 15.8 Å². The van der Waals surface area contributed by atoms with Crippen molar-refractivity contribution in [3.63, 3.8) is 0 Å². The van der Waals surface area contributed by atoms with Crippen molar-refractivity contribution in [3.05, 3.63) is 0 Å². The summed E-state index contributed by atoms with van der Waals surface area (Å²) < 4.78 is 29.8. The van der Waals surface area contributed by atoms with Gasteiger partial charge in [0.25, 0.3) is 0 Å². The average Bonchev–Trinajstić information content (AvgIpc) is 2.60. The molecule has 0 aromatic carbocycles. The molecule has 1 saturated carbocycles. The van der Waals surface area contributed by atoms with Gasteiger partial charge in [-0.3, -0.25) is 4.79 Å². The fourth-order valence-corrected chi connectivity index (χ4v) is 3.05. The number of aromatic nitrogens is 2. The Hall–Kier alpha value is -1.77. The van der Waals surface area contributed by atoms with Crippen molar-refractivity contribution in [2.45, 2.75) is 43.7 Å². The van der Waals surface area contributed by atoms with Gasteiger partial charge in [0.2, 0.25) is 0 Å². The Kier molecular flexibility index (Phi) is 4.40. The number of rotatable bonds is 6. The van der Waals surface area contributed by atoms with Crippen LogP contribution in [-0.4, -0.2) is 43.1 Å². The number of carbonyl (C=O) groups excluding carboxylic acids is 1. The number of carbonyl (C=O) groups is 1. The van der Waals surface area contributed by atoms with Crippen LogP contribution in [0.25, 0.3) is 0 Å². The maximum Gasteiger partial charge on any atom is 0.327 e. The first kappa shape index (κ1) is 15.6. The van der Waals surface area contributed by atoms with Gasteiger partial charge in [0.05, 0.1) is 6.61 Å². The van der Waals surface area contributed by atoms with Crippen LogP contribution in [0.2, 0.25) is 0 Å². The molecule has 1 aliphatic rings. The zero-order chi connectivity index (χ0) is 15.6. The molecular weight excluding hydrogens is 296 g/mol. The minimum absolute atomic E-state index is 0.0487. The topological polar surface area (TPSA) is 116 Å². The fraction of sp³-hybridized carbons (Fsp3) is 0.667. The van der Waals surface area contributed by atoms with Crippen LogP contribution < -0.4 is 11.1 Å². The highest BCUT2D eigenvalue weighted by molar-refractivity contribution is 7.91. The fourth-order valence-electron chi connectivity index (χ4n) is 2.11. The van der Waals surface area contributed by atoms with Crippen molar-refractivity contribution in [2.24, 2.45) is 0 Å². The number of nitrogens with zero attached hydrogens (tertiary/aromatic N) is 2. The zero-order valence-electron chi connectivity index (χ0n) is 12.1. The molecule has 0 aliphatic heterocycles. The van der Waals surface area contributed by atoms with Crippen LogP contribution in [0.3, 0.4) is 0 Å². The largest absolute Gasteiger partial charge is 0.465 e. The first-order valence-corrected chi connectivity index (χ1v) is 8.70. The first-order valence-electron chi connectivity index (χ1n) is 6.81. The van der Waals surface area contributed by atoms with E-state index in [4.69, 9.17) is 10.5 Å². The summed E-state index contributed by atoms with van der Waals surface area (Å²) in [6, 6.07) is 0.204. The summed E-state index contributed by atoms with van der Waals surface area (Å²) in [6.45, 7) is 1.72. The van der Waals surface area contributed by atoms with Gasteiger partial charge >= 0.3 is 5.97 Å². The van der Waals surface area contributed by atoms with Gasteiger partial charge in [-0.05, 0) is 26.2 Å². The normalized spacial score (nSPS) is 15.5. The van der Waals surface area contributed by atoms with E-state index in [-0.39, 0.29) is 35.7 Å². The van der Waals surface area contributed by atoms with E-state index in [9.17, 15) is 13.2 Å². The molecule has 1 aromatic rings. The summed E-state index contributed by atoms with van der Waals surface area (Å²) in [5.74, 6) is -0.349. The maximum atomic E-state index is 11.9. The van der Waals surface area contributed by atoms with Crippen LogP contribution >= 0.6 is 0 Å². The molecule has 118 valence electrons. The van der Waals surface area contributed by atoms with Crippen LogP contribution in [0.5, 0.6) is 0 Å². The van der Waals surface area contributed by atoms with E-state index in [0.717, 1.165) is 30.2 Å². The number of hydrogen-bond acceptors (Lipinski definition) is 7. The lowest BCUT2D eigenvalue weighted by molar-refractivity contribution is -0.144. The van der Waals surface area contributed by atoms with Gasteiger partial charge in [0.1, 0.15) is 12.4 Å². The first-order chi connectivity index (χ1) is 9.82. The third-order valence-corrected chi connectivity index (χ3v) is 4.49. The highest BCUT2D eigenvalue weighted by Gasteiger charge is 2.28. The third-order valence-electron chi connectivity index (χ3n) is 3.35. The standard InChI is InChI=1S/C12H20N4O4S/c1-3-20-9(17)7-16-11(13)10(21(2,18)19)12(15-16)14-8-5-4-6-8/h8H,3-7,13H2,1-2H3,(H,14,15).